The number of hydrogen-bond donors (Lipinski definition) is 8. The van der Waals surface area contributed by atoms with E-state index in [4.69, 9.17) is 22.9 Å². The van der Waals surface area contributed by atoms with Crippen LogP contribution >= 0.6 is 0 Å². The first kappa shape index (κ1) is 29.6. The molecule has 0 aliphatic heterocycles. The molecule has 0 aliphatic carbocycles. The van der Waals surface area contributed by atoms with Crippen LogP contribution in [-0.4, -0.2) is 71.9 Å². The van der Waals surface area contributed by atoms with Crippen LogP contribution in [0.15, 0.2) is 4.99 Å². The molecule has 4 amide bonds. The van der Waals surface area contributed by atoms with Gasteiger partial charge < -0.3 is 44.0 Å². The van der Waals surface area contributed by atoms with Crippen molar-refractivity contribution in [2.75, 3.05) is 13.1 Å². The van der Waals surface area contributed by atoms with Crippen molar-refractivity contribution in [3.63, 3.8) is 0 Å². The van der Waals surface area contributed by atoms with E-state index < -0.39 is 54.3 Å². The predicted molar refractivity (Wildman–Crippen MR) is 120 cm³/mol. The maximum Gasteiger partial charge on any atom is 0.326 e. The molecule has 0 aromatic rings. The molecule has 188 valence electrons. The topological polar surface area (TPSA) is 258 Å². The van der Waals surface area contributed by atoms with Crippen LogP contribution in [0.5, 0.6) is 0 Å². The highest BCUT2D eigenvalue weighted by molar-refractivity contribution is 5.93. The number of hydrogen-bond acceptors (Lipinski definition) is 7. The minimum atomic E-state index is -1.19. The van der Waals surface area contributed by atoms with E-state index in [-0.39, 0.29) is 37.7 Å². The van der Waals surface area contributed by atoms with E-state index in [1.54, 1.807) is 13.8 Å². The smallest absolute Gasteiger partial charge is 0.326 e. The summed E-state index contributed by atoms with van der Waals surface area (Å²) in [5.41, 5.74) is 21.4. The maximum atomic E-state index is 12.5. The van der Waals surface area contributed by atoms with E-state index in [9.17, 15) is 29.1 Å². The van der Waals surface area contributed by atoms with Crippen molar-refractivity contribution in [1.29, 1.82) is 0 Å². The number of carbonyl (C=O) groups is 5. The zero-order chi connectivity index (χ0) is 25.6. The second kappa shape index (κ2) is 15.4. The molecule has 4 atom stereocenters. The Bertz CT molecular complexity index is 725. The highest BCUT2D eigenvalue weighted by Crippen LogP contribution is 2.07. The Kier molecular flexibility index (Phi) is 13.8. The van der Waals surface area contributed by atoms with Gasteiger partial charge in [-0.05, 0) is 25.2 Å². The lowest BCUT2D eigenvalue weighted by atomic mass is 9.99. The Balaban J connectivity index is 4.92. The molecule has 14 nitrogen and oxygen atoms in total. The molecule has 12 N–H and O–H groups in total. The van der Waals surface area contributed by atoms with Gasteiger partial charge in [0.05, 0.1) is 12.6 Å². The number of carbonyl (C=O) groups excluding carboxylic acids is 4. The normalized spacial score (nSPS) is 14.2. The summed E-state index contributed by atoms with van der Waals surface area (Å²) in [5, 5.41) is 16.3. The van der Waals surface area contributed by atoms with Crippen LogP contribution in [0.3, 0.4) is 0 Å². The number of nitrogens with zero attached hydrogens (tertiary/aromatic N) is 1. The van der Waals surface area contributed by atoms with Gasteiger partial charge >= 0.3 is 5.97 Å². The van der Waals surface area contributed by atoms with E-state index in [0.29, 0.717) is 12.8 Å². The van der Waals surface area contributed by atoms with Gasteiger partial charge in [0.15, 0.2) is 5.96 Å². The fourth-order valence-electron chi connectivity index (χ4n) is 2.68. The SMILES string of the molecule is CCC(C)C(NC(=O)CNC(=O)C(CCC(N)=O)NC(=O)C(N)CCCN=C(N)N)C(=O)O. The molecule has 0 rings (SSSR count). The third-order valence-electron chi connectivity index (χ3n) is 4.84. The standard InChI is InChI=1S/C19H36N8O6/c1-3-10(2)15(18(32)33)27-14(29)9-25-17(31)12(6-7-13(21)28)26-16(30)11(20)5-4-8-24-19(22)23/h10-12,15H,3-9,20H2,1-2H3,(H2,21,28)(H,25,31)(H,26,30)(H,27,29)(H,32,33)(H4,22,23,24). The number of rotatable bonds is 16. The number of nitrogens with one attached hydrogen (secondary N) is 3. The quantitative estimate of drug-likeness (QED) is 0.0639. The Labute approximate surface area is 192 Å². The number of carboxylic acid groups (broad SMARTS) is 1. The molecule has 0 heterocycles. The maximum absolute atomic E-state index is 12.5. The first-order valence-corrected chi connectivity index (χ1v) is 10.6. The van der Waals surface area contributed by atoms with Crippen LogP contribution in [0.4, 0.5) is 0 Å². The second-order valence-electron chi connectivity index (χ2n) is 7.61. The summed E-state index contributed by atoms with van der Waals surface area (Å²) < 4.78 is 0. The van der Waals surface area contributed by atoms with Gasteiger partial charge in [0.2, 0.25) is 23.6 Å². The molecule has 0 saturated carbocycles. The van der Waals surface area contributed by atoms with Crippen molar-refractivity contribution in [1.82, 2.24) is 16.0 Å². The molecule has 0 bridgehead atoms. The molecule has 0 aliphatic rings. The number of aliphatic carboxylic acids is 1. The summed E-state index contributed by atoms with van der Waals surface area (Å²) in [5.74, 6) is -4.38. The van der Waals surface area contributed by atoms with Gasteiger partial charge in [-0.25, -0.2) is 4.79 Å². The lowest BCUT2D eigenvalue weighted by molar-refractivity contribution is -0.143. The Morgan fingerprint density at radius 1 is 1.00 bits per heavy atom. The van der Waals surface area contributed by atoms with Crippen LogP contribution in [0.1, 0.15) is 46.0 Å². The summed E-state index contributed by atoms with van der Waals surface area (Å²) in [6, 6.07) is -3.24. The predicted octanol–water partition coefficient (Wildman–Crippen LogP) is -3.15. The van der Waals surface area contributed by atoms with E-state index >= 15 is 0 Å². The third kappa shape index (κ3) is 12.9. The summed E-state index contributed by atoms with van der Waals surface area (Å²) in [6.07, 6.45) is 0.878. The largest absolute Gasteiger partial charge is 0.480 e. The molecule has 4 unspecified atom stereocenters. The van der Waals surface area contributed by atoms with Gasteiger partial charge in [-0.3, -0.25) is 24.2 Å². The van der Waals surface area contributed by atoms with Crippen molar-refractivity contribution in [3.05, 3.63) is 0 Å². The van der Waals surface area contributed by atoms with Gasteiger partial charge in [0.1, 0.15) is 12.1 Å². The molecule has 14 heteroatoms. The lowest BCUT2D eigenvalue weighted by Gasteiger charge is -2.22. The summed E-state index contributed by atoms with van der Waals surface area (Å²) >= 11 is 0. The molecule has 33 heavy (non-hydrogen) atoms. The zero-order valence-electron chi connectivity index (χ0n) is 19.0. The van der Waals surface area contributed by atoms with E-state index in [1.165, 1.54) is 0 Å². The van der Waals surface area contributed by atoms with Gasteiger partial charge in [0.25, 0.3) is 0 Å². The minimum Gasteiger partial charge on any atom is -0.480 e. The number of aliphatic imine (C=N–C) groups is 1. The summed E-state index contributed by atoms with van der Waals surface area (Å²) in [7, 11) is 0. The van der Waals surface area contributed by atoms with Crippen LogP contribution in [0.2, 0.25) is 0 Å². The van der Waals surface area contributed by atoms with Crippen molar-refractivity contribution in [2.45, 2.75) is 64.1 Å². The number of primary amides is 1. The van der Waals surface area contributed by atoms with Crippen molar-refractivity contribution in [3.8, 4) is 0 Å². The van der Waals surface area contributed by atoms with E-state index in [1.807, 2.05) is 0 Å². The fraction of sp³-hybridized carbons (Fsp3) is 0.684. The van der Waals surface area contributed by atoms with Crippen molar-refractivity contribution >= 4 is 35.6 Å². The van der Waals surface area contributed by atoms with E-state index in [0.717, 1.165) is 0 Å². The second-order valence-corrected chi connectivity index (χ2v) is 7.61. The number of nitrogens with two attached hydrogens (primary N) is 4. The van der Waals surface area contributed by atoms with Gasteiger partial charge in [-0.2, -0.15) is 0 Å². The number of carboxylic acids is 1. The average Bonchev–Trinajstić information content (AvgIpc) is 2.74. The minimum absolute atomic E-state index is 0.0842. The molecule has 0 fully saturated rings. The molecule has 0 saturated heterocycles. The number of amides is 4. The highest BCUT2D eigenvalue weighted by Gasteiger charge is 2.27. The number of guanidine groups is 1. The molecular formula is C19H36N8O6. The van der Waals surface area contributed by atoms with Gasteiger partial charge in [-0.1, -0.05) is 20.3 Å². The van der Waals surface area contributed by atoms with E-state index in [2.05, 4.69) is 20.9 Å². The average molecular weight is 473 g/mol. The summed E-state index contributed by atoms with van der Waals surface area (Å²) in [4.78, 5) is 63.2. The first-order valence-electron chi connectivity index (χ1n) is 10.6. The van der Waals surface area contributed by atoms with Gasteiger partial charge in [-0.15, -0.1) is 0 Å². The van der Waals surface area contributed by atoms with Crippen molar-refractivity contribution < 1.29 is 29.1 Å². The van der Waals surface area contributed by atoms with Crippen LogP contribution in [0.25, 0.3) is 0 Å². The Morgan fingerprint density at radius 3 is 2.15 bits per heavy atom. The summed E-state index contributed by atoms with van der Waals surface area (Å²) in [6.45, 7) is 3.21. The molecule has 0 aromatic carbocycles. The molecule has 0 radical (unpaired) electrons. The third-order valence-corrected chi connectivity index (χ3v) is 4.84. The van der Waals surface area contributed by atoms with Crippen molar-refractivity contribution in [2.24, 2.45) is 33.8 Å². The molecular weight excluding hydrogens is 436 g/mol. The molecule has 0 aromatic heterocycles. The Morgan fingerprint density at radius 2 is 1.64 bits per heavy atom. The monoisotopic (exact) mass is 472 g/mol. The zero-order valence-corrected chi connectivity index (χ0v) is 19.0. The highest BCUT2D eigenvalue weighted by atomic mass is 16.4. The molecule has 0 spiro atoms. The van der Waals surface area contributed by atoms with Gasteiger partial charge in [0, 0.05) is 13.0 Å². The first-order chi connectivity index (χ1) is 15.4. The van der Waals surface area contributed by atoms with Crippen LogP contribution in [0, 0.1) is 5.92 Å². The Hall–Kier alpha value is -3.42. The van der Waals surface area contributed by atoms with Crippen LogP contribution in [-0.2, 0) is 24.0 Å². The van der Waals surface area contributed by atoms with Crippen LogP contribution < -0.4 is 38.9 Å². The lowest BCUT2D eigenvalue weighted by Crippen LogP contribution is -2.54. The fourth-order valence-corrected chi connectivity index (χ4v) is 2.68.